The summed E-state index contributed by atoms with van der Waals surface area (Å²) in [4.78, 5) is 10.9. The van der Waals surface area contributed by atoms with Crippen LogP contribution in [-0.2, 0) is 0 Å². The minimum atomic E-state index is 0.514. The molecule has 5 nitrogen and oxygen atoms in total. The lowest BCUT2D eigenvalue weighted by molar-refractivity contribution is 0.249. The van der Waals surface area contributed by atoms with Crippen molar-refractivity contribution in [1.29, 1.82) is 0 Å². The highest BCUT2D eigenvalue weighted by Crippen LogP contribution is 2.28. The van der Waals surface area contributed by atoms with Crippen LogP contribution in [0, 0.1) is 0 Å². The number of H-pyrrole nitrogens is 1. The van der Waals surface area contributed by atoms with Crippen LogP contribution in [0.3, 0.4) is 0 Å². The van der Waals surface area contributed by atoms with Crippen molar-refractivity contribution in [3.63, 3.8) is 0 Å². The molecule has 1 atom stereocenters. The Balaban J connectivity index is 1.99. The summed E-state index contributed by atoms with van der Waals surface area (Å²) in [5.74, 6) is 0.514. The molecule has 0 saturated carbocycles. The number of nitrogens with one attached hydrogen (secondary N) is 1. The lowest BCUT2D eigenvalue weighted by Crippen LogP contribution is -2.31. The number of likely N-dealkylation sites (N-methyl/N-ethyl adjacent to an activating group) is 1. The molecular weight excluding hydrogens is 202 g/mol. The normalized spacial score (nSPS) is 22.7. The Morgan fingerprint density at radius 2 is 2.25 bits per heavy atom. The van der Waals surface area contributed by atoms with Crippen molar-refractivity contribution in [2.45, 2.75) is 18.8 Å². The fraction of sp³-hybridized carbons (Fsp3) is 0.545. The number of aromatic amines is 1. The van der Waals surface area contributed by atoms with Crippen LogP contribution in [-0.4, -0.2) is 45.2 Å². The Hall–Kier alpha value is -1.49. The second kappa shape index (κ2) is 3.83. The highest BCUT2D eigenvalue weighted by atomic mass is 15.2. The van der Waals surface area contributed by atoms with Crippen LogP contribution in [0.25, 0.3) is 11.2 Å². The molecule has 3 rings (SSSR count). The van der Waals surface area contributed by atoms with E-state index in [4.69, 9.17) is 0 Å². The Morgan fingerprint density at radius 1 is 1.38 bits per heavy atom. The standard InChI is InChI=1S/C11H15N5/c1-16-6-2-3-8(7-16)9-10-11(15-14-9)13-5-4-12-10/h4-5,8H,2-3,6-7H2,1H3,(H,13,14,15). The van der Waals surface area contributed by atoms with E-state index in [9.17, 15) is 0 Å². The largest absolute Gasteiger partial charge is 0.306 e. The smallest absolute Gasteiger partial charge is 0.199 e. The molecule has 1 unspecified atom stereocenters. The molecule has 0 amide bonds. The van der Waals surface area contributed by atoms with E-state index in [1.165, 1.54) is 19.4 Å². The number of nitrogens with zero attached hydrogens (tertiary/aromatic N) is 4. The van der Waals surface area contributed by atoms with E-state index in [0.717, 1.165) is 23.4 Å². The summed E-state index contributed by atoms with van der Waals surface area (Å²) >= 11 is 0. The van der Waals surface area contributed by atoms with Crippen LogP contribution >= 0.6 is 0 Å². The van der Waals surface area contributed by atoms with Gasteiger partial charge in [-0.25, -0.2) is 9.97 Å². The fourth-order valence-electron chi connectivity index (χ4n) is 2.46. The van der Waals surface area contributed by atoms with E-state index in [1.54, 1.807) is 12.4 Å². The van der Waals surface area contributed by atoms with Crippen molar-refractivity contribution in [2.75, 3.05) is 20.1 Å². The first-order valence-corrected chi connectivity index (χ1v) is 5.68. The van der Waals surface area contributed by atoms with Gasteiger partial charge in [0.2, 0.25) is 0 Å². The zero-order valence-electron chi connectivity index (χ0n) is 9.35. The van der Waals surface area contributed by atoms with Gasteiger partial charge in [-0.15, -0.1) is 0 Å². The molecule has 3 heterocycles. The molecular formula is C11H15N5. The van der Waals surface area contributed by atoms with E-state index >= 15 is 0 Å². The molecule has 0 aromatic carbocycles. The molecule has 84 valence electrons. The fourth-order valence-corrected chi connectivity index (χ4v) is 2.46. The van der Waals surface area contributed by atoms with Gasteiger partial charge in [-0.2, -0.15) is 5.10 Å². The highest BCUT2D eigenvalue weighted by molar-refractivity contribution is 5.72. The highest BCUT2D eigenvalue weighted by Gasteiger charge is 2.23. The zero-order chi connectivity index (χ0) is 11.0. The van der Waals surface area contributed by atoms with Crippen LogP contribution < -0.4 is 0 Å². The second-order valence-electron chi connectivity index (χ2n) is 4.47. The summed E-state index contributed by atoms with van der Waals surface area (Å²) in [6.07, 6.45) is 5.86. The summed E-state index contributed by atoms with van der Waals surface area (Å²) in [7, 11) is 2.16. The van der Waals surface area contributed by atoms with Gasteiger partial charge in [-0.3, -0.25) is 5.10 Å². The van der Waals surface area contributed by atoms with E-state index < -0.39 is 0 Å². The van der Waals surface area contributed by atoms with Crippen molar-refractivity contribution in [1.82, 2.24) is 25.1 Å². The van der Waals surface area contributed by atoms with E-state index in [-0.39, 0.29) is 0 Å². The van der Waals surface area contributed by atoms with Crippen molar-refractivity contribution in [2.24, 2.45) is 0 Å². The molecule has 1 saturated heterocycles. The summed E-state index contributed by atoms with van der Waals surface area (Å²) in [6.45, 7) is 2.27. The molecule has 1 aliphatic rings. The average molecular weight is 217 g/mol. The Bertz CT molecular complexity index is 492. The van der Waals surface area contributed by atoms with Crippen molar-refractivity contribution in [3.8, 4) is 0 Å². The lowest BCUT2D eigenvalue weighted by atomic mass is 9.95. The topological polar surface area (TPSA) is 57.7 Å². The molecule has 5 heteroatoms. The van der Waals surface area contributed by atoms with E-state index in [0.29, 0.717) is 5.92 Å². The summed E-state index contributed by atoms with van der Waals surface area (Å²) in [6, 6.07) is 0. The third kappa shape index (κ3) is 1.57. The van der Waals surface area contributed by atoms with Gasteiger partial charge in [0.1, 0.15) is 5.52 Å². The maximum atomic E-state index is 4.37. The average Bonchev–Trinajstić information content (AvgIpc) is 2.72. The third-order valence-corrected chi connectivity index (χ3v) is 3.25. The number of fused-ring (bicyclic) bond motifs is 1. The van der Waals surface area contributed by atoms with Gasteiger partial charge >= 0.3 is 0 Å². The predicted molar refractivity (Wildman–Crippen MR) is 61.2 cm³/mol. The van der Waals surface area contributed by atoms with Gasteiger partial charge in [0.25, 0.3) is 0 Å². The number of rotatable bonds is 1. The Kier molecular flexibility index (Phi) is 2.32. The zero-order valence-corrected chi connectivity index (χ0v) is 9.35. The second-order valence-corrected chi connectivity index (χ2v) is 4.47. The molecule has 0 spiro atoms. The SMILES string of the molecule is CN1CCCC(c2[nH]nc3nccnc23)C1. The molecule has 0 radical (unpaired) electrons. The number of likely N-dealkylation sites (tertiary alicyclic amines) is 1. The van der Waals surface area contributed by atoms with E-state index in [2.05, 4.69) is 32.1 Å². The summed E-state index contributed by atoms with van der Waals surface area (Å²) in [5.41, 5.74) is 2.81. The van der Waals surface area contributed by atoms with Gasteiger partial charge in [-0.1, -0.05) is 0 Å². The van der Waals surface area contributed by atoms with Crippen LogP contribution in [0.5, 0.6) is 0 Å². The van der Waals surface area contributed by atoms with Gasteiger partial charge in [0.15, 0.2) is 5.65 Å². The first kappa shape index (κ1) is 9.72. The van der Waals surface area contributed by atoms with E-state index in [1.807, 2.05) is 0 Å². The Morgan fingerprint density at radius 3 is 3.12 bits per heavy atom. The molecule has 1 fully saturated rings. The van der Waals surface area contributed by atoms with Crippen molar-refractivity contribution in [3.05, 3.63) is 18.1 Å². The van der Waals surface area contributed by atoms with Crippen LogP contribution in [0.2, 0.25) is 0 Å². The lowest BCUT2D eigenvalue weighted by Gasteiger charge is -2.28. The number of hydrogen-bond acceptors (Lipinski definition) is 4. The maximum Gasteiger partial charge on any atom is 0.199 e. The third-order valence-electron chi connectivity index (χ3n) is 3.25. The molecule has 2 aromatic rings. The van der Waals surface area contributed by atoms with Crippen LogP contribution in [0.15, 0.2) is 12.4 Å². The monoisotopic (exact) mass is 217 g/mol. The van der Waals surface area contributed by atoms with Gasteiger partial charge in [0, 0.05) is 24.9 Å². The summed E-state index contributed by atoms with van der Waals surface area (Å²) < 4.78 is 0. The number of hydrogen-bond donors (Lipinski definition) is 1. The number of aromatic nitrogens is 4. The Labute approximate surface area is 93.9 Å². The summed E-state index contributed by atoms with van der Waals surface area (Å²) in [5, 5.41) is 7.30. The van der Waals surface area contributed by atoms with Gasteiger partial charge < -0.3 is 4.90 Å². The quantitative estimate of drug-likeness (QED) is 0.778. The number of piperidine rings is 1. The van der Waals surface area contributed by atoms with Gasteiger partial charge in [0.05, 0.1) is 5.69 Å². The predicted octanol–water partition coefficient (Wildman–Crippen LogP) is 1.16. The van der Waals surface area contributed by atoms with Crippen molar-refractivity contribution < 1.29 is 0 Å². The molecule has 2 aromatic heterocycles. The first-order valence-electron chi connectivity index (χ1n) is 5.68. The molecule has 0 bridgehead atoms. The molecule has 0 aliphatic carbocycles. The minimum absolute atomic E-state index is 0.514. The maximum absolute atomic E-state index is 4.37. The van der Waals surface area contributed by atoms with Crippen LogP contribution in [0.4, 0.5) is 0 Å². The molecule has 1 N–H and O–H groups in total. The first-order chi connectivity index (χ1) is 7.84. The van der Waals surface area contributed by atoms with Crippen LogP contribution in [0.1, 0.15) is 24.5 Å². The van der Waals surface area contributed by atoms with Crippen molar-refractivity contribution >= 4 is 11.2 Å². The molecule has 1 aliphatic heterocycles. The minimum Gasteiger partial charge on any atom is -0.306 e. The molecule has 16 heavy (non-hydrogen) atoms. The van der Waals surface area contributed by atoms with Gasteiger partial charge in [-0.05, 0) is 26.4 Å².